The van der Waals surface area contributed by atoms with Gasteiger partial charge in [0.2, 0.25) is 0 Å². The molecule has 0 saturated carbocycles. The average Bonchev–Trinajstić information content (AvgIpc) is 2.57. The minimum Gasteiger partial charge on any atom is -0.493 e. The average molecular weight is 407 g/mol. The highest BCUT2D eigenvalue weighted by Crippen LogP contribution is 2.23. The van der Waals surface area contributed by atoms with Crippen LogP contribution in [0.3, 0.4) is 0 Å². The molecule has 0 aliphatic carbocycles. The molecule has 1 N–H and O–H groups in total. The Hall–Kier alpha value is -1.92. The molecule has 2 rings (SSSR count). The zero-order valence-electron chi connectivity index (χ0n) is 13.6. The Labute approximate surface area is 155 Å². The first-order valence-electron chi connectivity index (χ1n) is 7.54. The summed E-state index contributed by atoms with van der Waals surface area (Å²) in [5.74, 6) is 0.247. The normalized spacial score (nSPS) is 10.1. The summed E-state index contributed by atoms with van der Waals surface area (Å²) < 4.78 is 6.32. The van der Waals surface area contributed by atoms with Gasteiger partial charge in [-0.05, 0) is 42.9 Å². The van der Waals surface area contributed by atoms with Gasteiger partial charge in [0.15, 0.2) is 5.11 Å². The molecule has 0 aromatic heterocycles. The van der Waals surface area contributed by atoms with Crippen LogP contribution in [0.2, 0.25) is 0 Å². The van der Waals surface area contributed by atoms with Gasteiger partial charge in [-0.1, -0.05) is 46.3 Å². The molecule has 0 fully saturated rings. The minimum absolute atomic E-state index is 0.287. The topological polar surface area (TPSA) is 41.6 Å². The zero-order chi connectivity index (χ0) is 17.5. The van der Waals surface area contributed by atoms with Crippen LogP contribution in [0, 0.1) is 0 Å². The molecule has 0 unspecified atom stereocenters. The second kappa shape index (κ2) is 8.80. The Morgan fingerprint density at radius 1 is 1.25 bits per heavy atom. The van der Waals surface area contributed by atoms with E-state index in [4.69, 9.17) is 17.0 Å². The van der Waals surface area contributed by atoms with Crippen LogP contribution in [-0.2, 0) is 6.54 Å². The number of hydrogen-bond donors (Lipinski definition) is 1. The molecule has 1 amide bonds. The van der Waals surface area contributed by atoms with E-state index in [9.17, 15) is 4.79 Å². The number of thiocarbonyl (C=S) groups is 1. The van der Waals surface area contributed by atoms with Gasteiger partial charge in [0, 0.05) is 18.1 Å². The van der Waals surface area contributed by atoms with Crippen LogP contribution < -0.4 is 10.1 Å². The Morgan fingerprint density at radius 3 is 2.62 bits per heavy atom. The molecule has 0 atom stereocenters. The van der Waals surface area contributed by atoms with Gasteiger partial charge in [-0.3, -0.25) is 10.1 Å². The van der Waals surface area contributed by atoms with Gasteiger partial charge in [-0.15, -0.1) is 0 Å². The van der Waals surface area contributed by atoms with E-state index >= 15 is 0 Å². The smallest absolute Gasteiger partial charge is 0.261 e. The van der Waals surface area contributed by atoms with Crippen LogP contribution in [0.4, 0.5) is 0 Å². The van der Waals surface area contributed by atoms with E-state index in [2.05, 4.69) is 21.2 Å². The molecule has 0 saturated heterocycles. The Bertz CT molecular complexity index is 722. The molecule has 0 bridgehead atoms. The fourth-order valence-electron chi connectivity index (χ4n) is 2.15. The van der Waals surface area contributed by atoms with Crippen LogP contribution in [0.5, 0.6) is 5.75 Å². The molecule has 0 aliphatic rings. The molecule has 4 nitrogen and oxygen atoms in total. The van der Waals surface area contributed by atoms with Crippen molar-refractivity contribution in [1.29, 1.82) is 0 Å². The lowest BCUT2D eigenvalue weighted by molar-refractivity contribution is 0.0970. The Morgan fingerprint density at radius 2 is 1.96 bits per heavy atom. The third-order valence-electron chi connectivity index (χ3n) is 3.32. The Kier molecular flexibility index (Phi) is 6.75. The summed E-state index contributed by atoms with van der Waals surface area (Å²) in [6, 6.07) is 15.3. The van der Waals surface area contributed by atoms with Crippen LogP contribution >= 0.6 is 28.1 Å². The molecule has 0 radical (unpaired) electrons. The first-order valence-corrected chi connectivity index (χ1v) is 8.74. The standard InChI is InChI=1S/C18H19BrN2O2S/c1-3-23-16-10-9-14(19)11-15(16)17(22)20-18(24)21(2)12-13-7-5-4-6-8-13/h4-11H,3,12H2,1-2H3,(H,20,22,24). The van der Waals surface area contributed by atoms with Gasteiger partial charge in [0.05, 0.1) is 12.2 Å². The van der Waals surface area contributed by atoms with Crippen LogP contribution in [-0.4, -0.2) is 29.6 Å². The summed E-state index contributed by atoms with van der Waals surface area (Å²) in [4.78, 5) is 14.4. The first-order chi connectivity index (χ1) is 11.5. The molecule has 2 aromatic rings. The van der Waals surface area contributed by atoms with Crippen molar-refractivity contribution in [1.82, 2.24) is 10.2 Å². The third-order valence-corrected chi connectivity index (χ3v) is 4.22. The van der Waals surface area contributed by atoms with Crippen molar-refractivity contribution in [2.75, 3.05) is 13.7 Å². The number of ether oxygens (including phenoxy) is 1. The quantitative estimate of drug-likeness (QED) is 0.761. The first kappa shape index (κ1) is 18.4. The summed E-state index contributed by atoms with van der Waals surface area (Å²) in [6.45, 7) is 2.99. The number of amides is 1. The predicted octanol–water partition coefficient (Wildman–Crippen LogP) is 3.99. The van der Waals surface area contributed by atoms with E-state index in [0.717, 1.165) is 10.0 Å². The molecule has 0 heterocycles. The van der Waals surface area contributed by atoms with Crippen molar-refractivity contribution in [2.24, 2.45) is 0 Å². The summed E-state index contributed by atoms with van der Waals surface area (Å²) in [5.41, 5.74) is 1.57. The number of hydrogen-bond acceptors (Lipinski definition) is 3. The summed E-state index contributed by atoms with van der Waals surface area (Å²) in [5, 5.41) is 3.13. The number of nitrogens with zero attached hydrogens (tertiary/aromatic N) is 1. The highest BCUT2D eigenvalue weighted by Gasteiger charge is 2.16. The second-order valence-electron chi connectivity index (χ2n) is 5.17. The van der Waals surface area contributed by atoms with Crippen molar-refractivity contribution in [3.63, 3.8) is 0 Å². The molecule has 0 aliphatic heterocycles. The van der Waals surface area contributed by atoms with Gasteiger partial charge < -0.3 is 9.64 Å². The number of benzene rings is 2. The van der Waals surface area contributed by atoms with Gasteiger partial charge >= 0.3 is 0 Å². The van der Waals surface area contributed by atoms with E-state index in [0.29, 0.717) is 29.6 Å². The Balaban J connectivity index is 2.06. The van der Waals surface area contributed by atoms with E-state index in [1.54, 1.807) is 12.1 Å². The monoisotopic (exact) mass is 406 g/mol. The lowest BCUT2D eigenvalue weighted by Gasteiger charge is -2.21. The van der Waals surface area contributed by atoms with E-state index in [-0.39, 0.29) is 5.91 Å². The van der Waals surface area contributed by atoms with Gasteiger partial charge in [0.25, 0.3) is 5.91 Å². The molecule has 24 heavy (non-hydrogen) atoms. The number of carbonyl (C=O) groups is 1. The number of halogens is 1. The highest BCUT2D eigenvalue weighted by molar-refractivity contribution is 9.10. The third kappa shape index (κ3) is 5.04. The lowest BCUT2D eigenvalue weighted by Crippen LogP contribution is -2.40. The number of nitrogens with one attached hydrogen (secondary N) is 1. The zero-order valence-corrected chi connectivity index (χ0v) is 16.0. The van der Waals surface area contributed by atoms with Gasteiger partial charge in [-0.25, -0.2) is 0 Å². The van der Waals surface area contributed by atoms with E-state index in [1.165, 1.54) is 0 Å². The molecular formula is C18H19BrN2O2S. The molecular weight excluding hydrogens is 388 g/mol. The lowest BCUT2D eigenvalue weighted by atomic mass is 10.2. The number of rotatable bonds is 5. The van der Waals surface area contributed by atoms with Gasteiger partial charge in [0.1, 0.15) is 5.75 Å². The summed E-state index contributed by atoms with van der Waals surface area (Å²) >= 11 is 8.71. The molecule has 126 valence electrons. The van der Waals surface area contributed by atoms with Crippen molar-refractivity contribution in [2.45, 2.75) is 13.5 Å². The van der Waals surface area contributed by atoms with Crippen LogP contribution in [0.15, 0.2) is 53.0 Å². The van der Waals surface area contributed by atoms with Gasteiger partial charge in [-0.2, -0.15) is 0 Å². The fraction of sp³-hybridized carbons (Fsp3) is 0.222. The van der Waals surface area contributed by atoms with Crippen molar-refractivity contribution >= 4 is 39.2 Å². The molecule has 0 spiro atoms. The highest BCUT2D eigenvalue weighted by atomic mass is 79.9. The minimum atomic E-state index is -0.287. The predicted molar refractivity (Wildman–Crippen MR) is 103 cm³/mol. The number of carbonyl (C=O) groups excluding carboxylic acids is 1. The molecule has 6 heteroatoms. The van der Waals surface area contributed by atoms with Crippen molar-refractivity contribution < 1.29 is 9.53 Å². The largest absolute Gasteiger partial charge is 0.493 e. The van der Waals surface area contributed by atoms with Crippen molar-refractivity contribution in [3.8, 4) is 5.75 Å². The second-order valence-corrected chi connectivity index (χ2v) is 6.48. The maximum absolute atomic E-state index is 12.5. The van der Waals surface area contributed by atoms with E-state index in [1.807, 2.05) is 55.3 Å². The summed E-state index contributed by atoms with van der Waals surface area (Å²) in [6.07, 6.45) is 0. The van der Waals surface area contributed by atoms with Crippen LogP contribution in [0.25, 0.3) is 0 Å². The summed E-state index contributed by atoms with van der Waals surface area (Å²) in [7, 11) is 1.85. The van der Waals surface area contributed by atoms with E-state index < -0.39 is 0 Å². The van der Waals surface area contributed by atoms with Crippen molar-refractivity contribution in [3.05, 3.63) is 64.1 Å². The SMILES string of the molecule is CCOc1ccc(Br)cc1C(=O)NC(=S)N(C)Cc1ccccc1. The fourth-order valence-corrected chi connectivity index (χ4v) is 2.67. The molecule has 2 aromatic carbocycles. The van der Waals surface area contributed by atoms with Crippen LogP contribution in [0.1, 0.15) is 22.8 Å². The maximum atomic E-state index is 12.5. The maximum Gasteiger partial charge on any atom is 0.261 e.